The molecule has 31 nitrogen and oxygen atoms in total. The van der Waals surface area contributed by atoms with E-state index >= 15 is 0 Å². The number of anilines is 3. The normalized spacial score (nSPS) is 30.1. The summed E-state index contributed by atoms with van der Waals surface area (Å²) >= 11 is 2.27. The Morgan fingerprint density at radius 1 is 0.429 bits per heavy atom. The number of hydrogen-bond acceptors (Lipinski definition) is 25. The first-order chi connectivity index (χ1) is 68.4. The summed E-state index contributed by atoms with van der Waals surface area (Å²) in [4.78, 5) is 101. The number of nitrogens with one attached hydrogen (secondary N) is 6. The third-order valence-electron chi connectivity index (χ3n) is 34.0. The predicted octanol–water partition coefficient (Wildman–Crippen LogP) is 12.9. The lowest BCUT2D eigenvalue weighted by molar-refractivity contribution is -0.183. The van der Waals surface area contributed by atoms with Crippen molar-refractivity contribution >= 4 is 87.7 Å². The van der Waals surface area contributed by atoms with E-state index in [9.17, 15) is 59.4 Å². The van der Waals surface area contributed by atoms with E-state index < -0.39 is 78.8 Å². The van der Waals surface area contributed by atoms with Gasteiger partial charge in [-0.15, -0.1) is 0 Å². The molecule has 147 heavy (non-hydrogen) atoms. The second kappa shape index (κ2) is 50.8. The summed E-state index contributed by atoms with van der Waals surface area (Å²) < 4.78 is 17.8. The van der Waals surface area contributed by atoms with Gasteiger partial charge < -0.3 is 96.4 Å². The number of carbonyl (C=O) groups excluding carboxylic acids is 6. The lowest BCUT2D eigenvalue weighted by Crippen LogP contribution is -2.62. The minimum Gasteiger partial charge on any atom is -0.399 e. The van der Waals surface area contributed by atoms with Crippen molar-refractivity contribution in [2.75, 3.05) is 104 Å². The highest BCUT2D eigenvalue weighted by Crippen LogP contribution is 2.64. The summed E-state index contributed by atoms with van der Waals surface area (Å²) in [5, 5.41) is 94.2. The zero-order valence-corrected chi connectivity index (χ0v) is 91.3. The Labute approximate surface area is 887 Å². The third kappa shape index (κ3) is 28.4. The van der Waals surface area contributed by atoms with E-state index in [1.54, 1.807) is 36.0 Å². The second-order valence-corrected chi connectivity index (χ2v) is 47.7. The smallest absolute Gasteiger partial charge is 0.399 e. The van der Waals surface area contributed by atoms with E-state index in [2.05, 4.69) is 135 Å². The molecule has 0 aromatic heterocycles. The molecule has 5 saturated heterocycles. The highest BCUT2D eigenvalue weighted by atomic mass is 127. The first kappa shape index (κ1) is 119. The van der Waals surface area contributed by atoms with Crippen LogP contribution in [0, 0.1) is 90.8 Å². The SMILES string of the molecule is C.C.CN(C)CC(=O)Nc1ccc(B2OC(C)(C)C(C)(C)O2)cc1.C[C@H](O)[C@@H]1[C@H](CO)ON(Cc2cccc(-c3ccc(NC(=O)CN(C)C)cc3)c2)[C@@H]1C(=O)NC1C[C@@H]2C[C@H]([C@@H]1C)C2(C)C.C[C@H](O)[C@@H]1[C@H](CO)ON(Cc2cccc(-c3ccc(NC(=O)CN(C)C)cc3)c2)[C@@H]1C(=O)NC1C[C@@H]2C[C@H]([C@@H]1C)C2(C)C.C[C@H](O)[C@@H]1[C@H](CO)ON(Cc2cccc(I)c2)[C@@H]1C(=O)NC1C[C@@H]2C[C@H]([C@@H]1C)C2(C)C.OC1CCCO1. The van der Waals surface area contributed by atoms with Crippen molar-refractivity contribution < 1.29 is 93.1 Å². The van der Waals surface area contributed by atoms with Crippen molar-refractivity contribution in [3.8, 4) is 22.3 Å². The molecule has 6 amide bonds. The van der Waals surface area contributed by atoms with E-state index in [1.807, 2.05) is 212 Å². The predicted molar refractivity (Wildman–Crippen MR) is 584 cm³/mol. The number of likely N-dealkylation sites (N-methyl/N-ethyl adjacent to an activating group) is 3. The van der Waals surface area contributed by atoms with Crippen molar-refractivity contribution in [2.24, 2.45) is 87.3 Å². The number of hydrogen-bond donors (Lipinski definition) is 13. The molecule has 6 bridgehead atoms. The number of rotatable bonds is 30. The van der Waals surface area contributed by atoms with Gasteiger partial charge in [0.05, 0.1) is 88.6 Å². The molecule has 13 N–H and O–H groups in total. The van der Waals surface area contributed by atoms with Crippen LogP contribution in [0.1, 0.15) is 194 Å². The van der Waals surface area contributed by atoms with Gasteiger partial charge in [-0.2, -0.15) is 15.2 Å². The Balaban J connectivity index is 0.000000186. The zero-order chi connectivity index (χ0) is 106. The lowest BCUT2D eigenvalue weighted by Gasteiger charge is -2.62. The number of fused-ring (bicyclic) bond motifs is 6. The molecule has 812 valence electrons. The van der Waals surface area contributed by atoms with Gasteiger partial charge in [0.1, 0.15) is 36.4 Å². The van der Waals surface area contributed by atoms with Gasteiger partial charge in [0.2, 0.25) is 35.4 Å². The van der Waals surface area contributed by atoms with Crippen LogP contribution in [0.2, 0.25) is 0 Å². The zero-order valence-electron chi connectivity index (χ0n) is 89.2. The van der Waals surface area contributed by atoms with Crippen LogP contribution in [0.25, 0.3) is 22.3 Å². The van der Waals surface area contributed by atoms with Gasteiger partial charge >= 0.3 is 7.12 Å². The van der Waals surface area contributed by atoms with Crippen molar-refractivity contribution in [1.82, 2.24) is 45.8 Å². The van der Waals surface area contributed by atoms with Gasteiger partial charge in [-0.25, -0.2) is 0 Å². The lowest BCUT2D eigenvalue weighted by atomic mass is 9.45. The average Bonchev–Trinajstić information content (AvgIpc) is 1.73. The van der Waals surface area contributed by atoms with Gasteiger partial charge in [0.15, 0.2) is 6.29 Å². The van der Waals surface area contributed by atoms with Gasteiger partial charge in [0.25, 0.3) is 0 Å². The molecule has 6 aromatic carbocycles. The van der Waals surface area contributed by atoms with Crippen LogP contribution < -0.4 is 37.4 Å². The quantitative estimate of drug-likeness (QED) is 0.0147. The molecule has 9 saturated carbocycles. The Morgan fingerprint density at radius 2 is 0.728 bits per heavy atom. The fourth-order valence-electron chi connectivity index (χ4n) is 24.5. The van der Waals surface area contributed by atoms with Crippen molar-refractivity contribution in [3.05, 3.63) is 166 Å². The van der Waals surface area contributed by atoms with Gasteiger partial charge in [-0.1, -0.05) is 162 Å². The molecule has 0 spiro atoms. The molecule has 6 aromatic rings. The van der Waals surface area contributed by atoms with Gasteiger partial charge in [0, 0.05) is 69.5 Å². The molecule has 5 aliphatic heterocycles. The van der Waals surface area contributed by atoms with Crippen LogP contribution >= 0.6 is 22.6 Å². The summed E-state index contributed by atoms with van der Waals surface area (Å²) in [6.45, 7) is 35.9. The van der Waals surface area contributed by atoms with E-state index in [4.69, 9.17) is 33.7 Å². The number of hydroxylamine groups is 6. The number of benzene rings is 6. The summed E-state index contributed by atoms with van der Waals surface area (Å²) in [6, 6.07) is 45.3. The average molecular weight is 2150 g/mol. The van der Waals surface area contributed by atoms with Crippen LogP contribution in [0.4, 0.5) is 17.1 Å². The van der Waals surface area contributed by atoms with Gasteiger partial charge in [-0.05, 0) is 333 Å². The van der Waals surface area contributed by atoms with E-state index in [-0.39, 0.29) is 107 Å². The van der Waals surface area contributed by atoms with Crippen LogP contribution in [0.3, 0.4) is 0 Å². The molecule has 0 radical (unpaired) electrons. The molecule has 20 rings (SSSR count). The molecule has 25 atom stereocenters. The van der Waals surface area contributed by atoms with E-state index in [1.165, 1.54) is 19.3 Å². The summed E-state index contributed by atoms with van der Waals surface area (Å²) in [7, 11) is 10.8. The molecule has 4 unspecified atom stereocenters. The Bertz CT molecular complexity index is 5110. The minimum atomic E-state index is -0.836. The maximum Gasteiger partial charge on any atom is 0.494 e. The van der Waals surface area contributed by atoms with Crippen LogP contribution in [0.5, 0.6) is 0 Å². The van der Waals surface area contributed by atoms with Crippen molar-refractivity contribution in [2.45, 2.75) is 287 Å². The minimum absolute atomic E-state index is 0. The fraction of sp³-hybridized carbons (Fsp3) is 0.632. The maximum absolute atomic E-state index is 13.9. The summed E-state index contributed by atoms with van der Waals surface area (Å²) in [5.41, 5.74) is 10.4. The number of ether oxygens (including phenoxy) is 1. The number of aliphatic hydroxyl groups is 7. The largest absolute Gasteiger partial charge is 0.494 e. The van der Waals surface area contributed by atoms with E-state index in [0.717, 1.165) is 104 Å². The topological polar surface area (TPSA) is 391 Å². The number of carbonyl (C=O) groups is 6. The Hall–Kier alpha value is -7.83. The van der Waals surface area contributed by atoms with Crippen molar-refractivity contribution in [1.29, 1.82) is 0 Å². The first-order valence-electron chi connectivity index (χ1n) is 52.2. The summed E-state index contributed by atoms with van der Waals surface area (Å²) in [6.07, 6.45) is 3.63. The van der Waals surface area contributed by atoms with Gasteiger partial charge in [-0.3, -0.25) is 43.3 Å². The molecular formula is C114H172BIN12O19. The molecular weight excluding hydrogens is 1980 g/mol. The monoisotopic (exact) mass is 2150 g/mol. The standard InChI is InChI=1S/2C34H48N4O5.C24H35IN2O4.C16H25BN2O3.C4H8O2.2CH4/c2*1-20-27-15-25(34(27,3)4)16-28(20)36-33(42)32-31(21(2)40)29(19-39)43-38(32)17-22-8-7-9-24(14-22)23-10-12-26(13-11-23)35-30(41)18-37(5)6;1-13-18-9-16(24(18,3)4)10-19(13)26-23(30)22-21(14(2)29)20(12-28)31-27(22)11-15-6-5-7-17(25)8-15;1-15(2)16(3,4)22-17(21-15)12-7-9-13(10-8-12)18-14(20)11-19(5)6;5-4-2-1-3-6-4;;/h2*7-14,20-21,25,27-29,31-32,39-40H,15-19H2,1-6H3,(H,35,41)(H,36,42);5-8,13-14,16,18-22,28-29H,9-12H2,1-4H3,(H,26,30);7-10H,11H2,1-6H3,(H,18,20);4-5H,1-3H2;2*1H4/t2*20-,21-,25-,27+,28?,29-,31+,32-;13-,14-,16-,18+,19?,20-,21+,22-;;;;/m000..../s1. The molecule has 14 fully saturated rings. The summed E-state index contributed by atoms with van der Waals surface area (Å²) in [5.74, 6) is 2.68. The first-order valence-corrected chi connectivity index (χ1v) is 53.3. The molecule has 14 aliphatic rings. The number of aliphatic hydroxyl groups excluding tert-OH is 7. The third-order valence-corrected chi connectivity index (χ3v) is 34.6. The molecule has 9 aliphatic carbocycles. The Morgan fingerprint density at radius 3 is 0.980 bits per heavy atom. The van der Waals surface area contributed by atoms with E-state index in [0.29, 0.717) is 109 Å². The molecule has 33 heteroatoms. The number of nitrogens with zero attached hydrogens (tertiary/aromatic N) is 6. The van der Waals surface area contributed by atoms with Crippen molar-refractivity contribution in [3.63, 3.8) is 0 Å². The van der Waals surface area contributed by atoms with Crippen LogP contribution in [0.15, 0.2) is 146 Å². The maximum atomic E-state index is 13.9. The highest BCUT2D eigenvalue weighted by molar-refractivity contribution is 14.1. The number of halogens is 1. The van der Waals surface area contributed by atoms with Crippen LogP contribution in [-0.4, -0.2) is 287 Å². The fourth-order valence-corrected chi connectivity index (χ4v) is 25.2. The Kier molecular flexibility index (Phi) is 41.3. The van der Waals surface area contributed by atoms with Crippen LogP contribution in [-0.2, 0) is 77.0 Å². The highest BCUT2D eigenvalue weighted by Gasteiger charge is 2.62. The molecule has 5 heterocycles. The second-order valence-electron chi connectivity index (χ2n) is 46.4. The number of amides is 6.